The smallest absolute Gasteiger partial charge is 0.412 e. The number of ether oxygens (including phenoxy) is 1. The summed E-state index contributed by atoms with van der Waals surface area (Å²) in [7, 11) is 1.65. The van der Waals surface area contributed by atoms with E-state index in [9.17, 15) is 14.9 Å². The van der Waals surface area contributed by atoms with Crippen LogP contribution in [0.1, 0.15) is 19.4 Å². The largest absolute Gasteiger partial charge is 0.438 e. The maximum atomic E-state index is 11.5. The van der Waals surface area contributed by atoms with Crippen molar-refractivity contribution < 1.29 is 14.5 Å². The average Bonchev–Trinajstić information content (AvgIpc) is 2.79. The Hall–Kier alpha value is -2.83. The van der Waals surface area contributed by atoms with Gasteiger partial charge in [-0.05, 0) is 43.0 Å². The summed E-state index contributed by atoms with van der Waals surface area (Å²) in [6.07, 6.45) is -0.486. The third-order valence-corrected chi connectivity index (χ3v) is 3.83. The van der Waals surface area contributed by atoms with Gasteiger partial charge in [0.15, 0.2) is 0 Å². The van der Waals surface area contributed by atoms with E-state index in [1.807, 2.05) is 26.0 Å². The molecule has 0 radical (unpaired) electrons. The van der Waals surface area contributed by atoms with Gasteiger partial charge < -0.3 is 14.9 Å². The number of nitrogens with zero attached hydrogens (tertiary/aromatic N) is 2. The highest BCUT2D eigenvalue weighted by atomic mass is 16.6. The Balaban J connectivity index is 2.12. The van der Waals surface area contributed by atoms with Crippen molar-refractivity contribution in [2.24, 2.45) is 7.05 Å². The van der Waals surface area contributed by atoms with Gasteiger partial charge in [-0.2, -0.15) is 0 Å². The summed E-state index contributed by atoms with van der Waals surface area (Å²) < 4.78 is 6.82. The van der Waals surface area contributed by atoms with Crippen LogP contribution in [-0.4, -0.2) is 15.6 Å². The zero-order valence-electron chi connectivity index (χ0n) is 12.4. The van der Waals surface area contributed by atoms with Crippen LogP contribution in [-0.2, 0) is 17.4 Å². The number of hydrogen-bond donors (Lipinski definition) is 1. The molecule has 2 aromatic rings. The molecule has 0 unspecified atom stereocenters. The molecule has 1 aliphatic rings. The Morgan fingerprint density at radius 3 is 2.64 bits per heavy atom. The van der Waals surface area contributed by atoms with Gasteiger partial charge in [-0.3, -0.25) is 5.32 Å². The molecule has 0 atom stereocenters. The van der Waals surface area contributed by atoms with E-state index in [1.54, 1.807) is 19.2 Å². The fourth-order valence-corrected chi connectivity index (χ4v) is 2.71. The predicted octanol–water partition coefficient (Wildman–Crippen LogP) is 3.40. The van der Waals surface area contributed by atoms with Gasteiger partial charge in [0.1, 0.15) is 11.3 Å². The summed E-state index contributed by atoms with van der Waals surface area (Å²) >= 11 is 0. The molecule has 1 amide bonds. The number of nitro groups is 1. The SMILES string of the molecule is Cn1c(-c2ccc3c(c2)C(C)(C)OC(=O)N3)ccc1[N+](=O)[O-]. The monoisotopic (exact) mass is 301 g/mol. The van der Waals surface area contributed by atoms with Gasteiger partial charge in [0.05, 0.1) is 12.7 Å². The Labute approximate surface area is 126 Å². The number of rotatable bonds is 2. The minimum absolute atomic E-state index is 0.0246. The number of amides is 1. The number of anilines is 1. The van der Waals surface area contributed by atoms with E-state index >= 15 is 0 Å². The van der Waals surface area contributed by atoms with E-state index in [4.69, 9.17) is 4.74 Å². The molecule has 0 saturated heterocycles. The van der Waals surface area contributed by atoms with Crippen LogP contribution in [0.5, 0.6) is 0 Å². The van der Waals surface area contributed by atoms with Crippen LogP contribution in [0.25, 0.3) is 11.3 Å². The second-order valence-corrected chi connectivity index (χ2v) is 5.68. The average molecular weight is 301 g/mol. The number of carbonyl (C=O) groups is 1. The topological polar surface area (TPSA) is 86.4 Å². The summed E-state index contributed by atoms with van der Waals surface area (Å²) in [5.74, 6) is 0.0246. The fourth-order valence-electron chi connectivity index (χ4n) is 2.71. The Kier molecular flexibility index (Phi) is 2.94. The first-order valence-electron chi connectivity index (χ1n) is 6.74. The molecular weight excluding hydrogens is 286 g/mol. The van der Waals surface area contributed by atoms with E-state index < -0.39 is 16.6 Å². The van der Waals surface area contributed by atoms with Gasteiger partial charge in [0.2, 0.25) is 0 Å². The highest BCUT2D eigenvalue weighted by molar-refractivity contribution is 5.89. The zero-order chi connectivity index (χ0) is 16.1. The fraction of sp³-hybridized carbons (Fsp3) is 0.267. The number of benzene rings is 1. The molecule has 1 N–H and O–H groups in total. The Bertz CT molecular complexity index is 792. The minimum atomic E-state index is -0.759. The van der Waals surface area contributed by atoms with E-state index in [0.717, 1.165) is 16.8 Å². The van der Waals surface area contributed by atoms with E-state index in [-0.39, 0.29) is 5.82 Å². The van der Waals surface area contributed by atoms with Gasteiger partial charge in [-0.25, -0.2) is 9.36 Å². The van der Waals surface area contributed by atoms with Crippen LogP contribution in [0.3, 0.4) is 0 Å². The van der Waals surface area contributed by atoms with E-state index in [2.05, 4.69) is 5.32 Å². The molecule has 0 aliphatic carbocycles. The van der Waals surface area contributed by atoms with Crippen LogP contribution >= 0.6 is 0 Å². The van der Waals surface area contributed by atoms with Crippen LogP contribution in [0.2, 0.25) is 0 Å². The summed E-state index contributed by atoms with van der Waals surface area (Å²) in [6.45, 7) is 3.61. The van der Waals surface area contributed by atoms with Gasteiger partial charge >= 0.3 is 11.9 Å². The summed E-state index contributed by atoms with van der Waals surface area (Å²) in [6, 6.07) is 8.66. The second kappa shape index (κ2) is 4.59. The molecule has 114 valence electrons. The molecule has 3 rings (SSSR count). The van der Waals surface area contributed by atoms with E-state index in [1.165, 1.54) is 10.6 Å². The van der Waals surface area contributed by atoms with Gasteiger partial charge in [0, 0.05) is 17.2 Å². The number of aromatic nitrogens is 1. The number of hydrogen-bond acceptors (Lipinski definition) is 4. The zero-order valence-corrected chi connectivity index (χ0v) is 12.4. The number of nitrogens with one attached hydrogen (secondary N) is 1. The normalized spacial score (nSPS) is 15.7. The molecule has 0 saturated carbocycles. The van der Waals surface area contributed by atoms with Crippen molar-refractivity contribution in [1.29, 1.82) is 0 Å². The molecule has 1 aromatic heterocycles. The lowest BCUT2D eigenvalue weighted by atomic mass is 9.92. The molecule has 1 aliphatic heterocycles. The van der Waals surface area contributed by atoms with Gasteiger partial charge in [0.25, 0.3) is 0 Å². The highest BCUT2D eigenvalue weighted by Crippen LogP contribution is 2.38. The Morgan fingerprint density at radius 2 is 2.00 bits per heavy atom. The quantitative estimate of drug-likeness (QED) is 0.680. The predicted molar refractivity (Wildman–Crippen MR) is 80.6 cm³/mol. The molecule has 0 spiro atoms. The summed E-state index contributed by atoms with van der Waals surface area (Å²) in [5.41, 5.74) is 2.30. The van der Waals surface area contributed by atoms with Gasteiger partial charge in [-0.1, -0.05) is 0 Å². The number of cyclic esters (lactones) is 1. The summed E-state index contributed by atoms with van der Waals surface area (Å²) in [4.78, 5) is 22.1. The van der Waals surface area contributed by atoms with Crippen LogP contribution in [0, 0.1) is 10.1 Å². The molecule has 22 heavy (non-hydrogen) atoms. The maximum Gasteiger partial charge on any atom is 0.412 e. The first kappa shape index (κ1) is 14.1. The molecule has 0 bridgehead atoms. The third-order valence-electron chi connectivity index (χ3n) is 3.83. The van der Waals surface area contributed by atoms with Crippen LogP contribution in [0.15, 0.2) is 30.3 Å². The minimum Gasteiger partial charge on any atom is -0.438 e. The number of carbonyl (C=O) groups excluding carboxylic acids is 1. The van der Waals surface area contributed by atoms with Crippen LogP contribution in [0.4, 0.5) is 16.3 Å². The lowest BCUT2D eigenvalue weighted by Crippen LogP contribution is -2.34. The first-order valence-corrected chi connectivity index (χ1v) is 6.74. The first-order chi connectivity index (χ1) is 10.3. The highest BCUT2D eigenvalue weighted by Gasteiger charge is 2.34. The van der Waals surface area contributed by atoms with Crippen LogP contribution < -0.4 is 5.32 Å². The molecule has 7 nitrogen and oxygen atoms in total. The Morgan fingerprint density at radius 1 is 1.27 bits per heavy atom. The van der Waals surface area contributed by atoms with Gasteiger partial charge in [-0.15, -0.1) is 0 Å². The molecular formula is C15H15N3O4. The standard InChI is InChI=1S/C15H15N3O4/c1-15(2)10-8-9(4-5-11(10)16-14(19)22-15)12-6-7-13(17(12)3)18(20)21/h4-8H,1-3H3,(H,16,19). The lowest BCUT2D eigenvalue weighted by Gasteiger charge is -2.32. The maximum absolute atomic E-state index is 11.5. The van der Waals surface area contributed by atoms with Crippen molar-refractivity contribution in [2.75, 3.05) is 5.32 Å². The molecule has 7 heteroatoms. The van der Waals surface area contributed by atoms with Crippen molar-refractivity contribution in [3.8, 4) is 11.3 Å². The summed E-state index contributed by atoms with van der Waals surface area (Å²) in [5, 5.41) is 13.6. The second-order valence-electron chi connectivity index (χ2n) is 5.68. The van der Waals surface area contributed by atoms with Crippen molar-refractivity contribution in [2.45, 2.75) is 19.4 Å². The third kappa shape index (κ3) is 2.11. The molecule has 0 fully saturated rings. The molecule has 2 heterocycles. The number of fused-ring (bicyclic) bond motifs is 1. The van der Waals surface area contributed by atoms with Crippen molar-refractivity contribution in [3.05, 3.63) is 46.0 Å². The van der Waals surface area contributed by atoms with Crippen molar-refractivity contribution in [3.63, 3.8) is 0 Å². The molecule has 1 aromatic carbocycles. The lowest BCUT2D eigenvalue weighted by molar-refractivity contribution is -0.391. The van der Waals surface area contributed by atoms with Crippen molar-refractivity contribution >= 4 is 17.6 Å². The van der Waals surface area contributed by atoms with E-state index in [0.29, 0.717) is 5.69 Å². The van der Waals surface area contributed by atoms with Crippen molar-refractivity contribution in [1.82, 2.24) is 4.57 Å².